The third-order valence-electron chi connectivity index (χ3n) is 3.82. The zero-order valence-electron chi connectivity index (χ0n) is 13.2. The number of rotatable bonds is 7. The van der Waals surface area contributed by atoms with Crippen LogP contribution in [0, 0.1) is 5.92 Å². The number of nitrogens with zero attached hydrogens (tertiary/aromatic N) is 1. The monoisotopic (exact) mass is 299 g/mol. The number of carbonyl (C=O) groups excluding carboxylic acids is 2. The van der Waals surface area contributed by atoms with E-state index in [1.807, 2.05) is 0 Å². The summed E-state index contributed by atoms with van der Waals surface area (Å²) in [6, 6.07) is -0.171. The van der Waals surface area contributed by atoms with Gasteiger partial charge in [-0.05, 0) is 38.1 Å². The maximum atomic E-state index is 11.9. The minimum atomic E-state index is -0.420. The highest BCUT2D eigenvalue weighted by molar-refractivity contribution is 5.95. The van der Waals surface area contributed by atoms with Crippen molar-refractivity contribution in [3.05, 3.63) is 0 Å². The van der Waals surface area contributed by atoms with Crippen LogP contribution in [-0.4, -0.2) is 54.2 Å². The van der Waals surface area contributed by atoms with Crippen molar-refractivity contribution >= 4 is 11.9 Å². The number of carbonyl (C=O) groups is 2. The molecule has 1 rings (SSSR count). The van der Waals surface area contributed by atoms with Gasteiger partial charge in [0, 0.05) is 19.2 Å². The average molecular weight is 299 g/mol. The molecule has 0 aromatic rings. The van der Waals surface area contributed by atoms with E-state index in [2.05, 4.69) is 29.4 Å². The third kappa shape index (κ3) is 7.43. The Balaban J connectivity index is 2.29. The molecule has 0 aromatic heterocycles. The van der Waals surface area contributed by atoms with Gasteiger partial charge < -0.3 is 10.4 Å². The Morgan fingerprint density at radius 2 is 2.10 bits per heavy atom. The number of aliphatic hydroxyl groups excluding tert-OH is 1. The topological polar surface area (TPSA) is 81.7 Å². The van der Waals surface area contributed by atoms with Crippen molar-refractivity contribution in [3.63, 3.8) is 0 Å². The van der Waals surface area contributed by atoms with Crippen LogP contribution in [0.25, 0.3) is 0 Å². The summed E-state index contributed by atoms with van der Waals surface area (Å²) in [6.07, 6.45) is 4.79. The van der Waals surface area contributed by atoms with E-state index in [9.17, 15) is 9.59 Å². The first kappa shape index (κ1) is 17.9. The van der Waals surface area contributed by atoms with E-state index in [-0.39, 0.29) is 25.1 Å². The molecule has 1 aliphatic rings. The average Bonchev–Trinajstić information content (AvgIpc) is 2.40. The molecule has 1 fully saturated rings. The van der Waals surface area contributed by atoms with E-state index in [0.717, 1.165) is 32.2 Å². The van der Waals surface area contributed by atoms with Crippen LogP contribution in [0.1, 0.15) is 46.0 Å². The molecule has 0 aromatic carbocycles. The van der Waals surface area contributed by atoms with Crippen LogP contribution in [0.4, 0.5) is 4.79 Å². The number of imide groups is 1. The summed E-state index contributed by atoms with van der Waals surface area (Å²) < 4.78 is 0. The van der Waals surface area contributed by atoms with Crippen molar-refractivity contribution in [3.8, 4) is 0 Å². The first-order valence-electron chi connectivity index (χ1n) is 7.95. The molecule has 6 nitrogen and oxygen atoms in total. The fourth-order valence-electron chi connectivity index (χ4n) is 2.61. The Bertz CT molecular complexity index is 332. The van der Waals surface area contributed by atoms with Gasteiger partial charge in [0.2, 0.25) is 5.91 Å². The molecule has 3 N–H and O–H groups in total. The first-order chi connectivity index (χ1) is 10.0. The Morgan fingerprint density at radius 1 is 1.33 bits per heavy atom. The molecule has 1 atom stereocenters. The fraction of sp³-hybridized carbons (Fsp3) is 0.867. The van der Waals surface area contributed by atoms with E-state index >= 15 is 0 Å². The van der Waals surface area contributed by atoms with Gasteiger partial charge in [0.1, 0.15) is 0 Å². The Kier molecular flexibility index (Phi) is 8.30. The van der Waals surface area contributed by atoms with Crippen LogP contribution in [0.15, 0.2) is 0 Å². The first-order valence-corrected chi connectivity index (χ1v) is 7.95. The largest absolute Gasteiger partial charge is 0.396 e. The Hall–Kier alpha value is -1.14. The maximum absolute atomic E-state index is 11.9. The molecule has 0 aliphatic carbocycles. The third-order valence-corrected chi connectivity index (χ3v) is 3.82. The van der Waals surface area contributed by atoms with E-state index in [1.54, 1.807) is 0 Å². The predicted octanol–water partition coefficient (Wildman–Crippen LogP) is 1.10. The Labute approximate surface area is 127 Å². The van der Waals surface area contributed by atoms with E-state index < -0.39 is 6.03 Å². The summed E-state index contributed by atoms with van der Waals surface area (Å²) in [4.78, 5) is 25.5. The summed E-state index contributed by atoms with van der Waals surface area (Å²) in [5.41, 5.74) is 0. The van der Waals surface area contributed by atoms with Crippen LogP contribution in [0.3, 0.4) is 0 Å². The van der Waals surface area contributed by atoms with Crippen LogP contribution < -0.4 is 10.6 Å². The van der Waals surface area contributed by atoms with Crippen molar-refractivity contribution in [2.24, 2.45) is 5.92 Å². The SMILES string of the molecule is CC(C)CCNC(=O)NC(=O)CN1CCCCC1CCO. The second-order valence-electron chi connectivity index (χ2n) is 6.12. The van der Waals surface area contributed by atoms with Gasteiger partial charge in [-0.2, -0.15) is 0 Å². The Morgan fingerprint density at radius 3 is 2.76 bits per heavy atom. The molecule has 3 amide bonds. The minimum Gasteiger partial charge on any atom is -0.396 e. The highest BCUT2D eigenvalue weighted by Gasteiger charge is 2.24. The van der Waals surface area contributed by atoms with Crippen molar-refractivity contribution in [1.29, 1.82) is 0 Å². The van der Waals surface area contributed by atoms with Crippen LogP contribution in [0.2, 0.25) is 0 Å². The molecule has 1 heterocycles. The van der Waals surface area contributed by atoms with Crippen molar-refractivity contribution < 1.29 is 14.7 Å². The highest BCUT2D eigenvalue weighted by atomic mass is 16.3. The minimum absolute atomic E-state index is 0.137. The number of urea groups is 1. The van der Waals surface area contributed by atoms with E-state index in [0.29, 0.717) is 18.9 Å². The van der Waals surface area contributed by atoms with Gasteiger partial charge in [-0.1, -0.05) is 20.3 Å². The van der Waals surface area contributed by atoms with Crippen LogP contribution in [-0.2, 0) is 4.79 Å². The number of piperidine rings is 1. The zero-order valence-corrected chi connectivity index (χ0v) is 13.2. The lowest BCUT2D eigenvalue weighted by Crippen LogP contribution is -2.49. The lowest BCUT2D eigenvalue weighted by Gasteiger charge is -2.34. The second-order valence-corrected chi connectivity index (χ2v) is 6.12. The number of likely N-dealkylation sites (tertiary alicyclic amines) is 1. The van der Waals surface area contributed by atoms with Gasteiger partial charge in [-0.3, -0.25) is 15.0 Å². The number of hydrogen-bond acceptors (Lipinski definition) is 4. The van der Waals surface area contributed by atoms with Gasteiger partial charge in [0.05, 0.1) is 6.54 Å². The summed E-state index contributed by atoms with van der Waals surface area (Å²) in [7, 11) is 0. The van der Waals surface area contributed by atoms with Gasteiger partial charge in [0.25, 0.3) is 0 Å². The highest BCUT2D eigenvalue weighted by Crippen LogP contribution is 2.18. The van der Waals surface area contributed by atoms with Crippen LogP contribution in [0.5, 0.6) is 0 Å². The number of nitrogens with one attached hydrogen (secondary N) is 2. The van der Waals surface area contributed by atoms with Crippen molar-refractivity contribution in [2.45, 2.75) is 52.0 Å². The fourth-order valence-corrected chi connectivity index (χ4v) is 2.61. The molecular weight excluding hydrogens is 270 g/mol. The molecule has 0 bridgehead atoms. The zero-order chi connectivity index (χ0) is 15.7. The van der Waals surface area contributed by atoms with Crippen molar-refractivity contribution in [1.82, 2.24) is 15.5 Å². The number of amides is 3. The van der Waals surface area contributed by atoms with Crippen LogP contribution >= 0.6 is 0 Å². The summed E-state index contributed by atoms with van der Waals surface area (Å²) in [5, 5.41) is 14.1. The number of hydrogen-bond donors (Lipinski definition) is 3. The van der Waals surface area contributed by atoms with E-state index in [1.165, 1.54) is 0 Å². The quantitative estimate of drug-likeness (QED) is 0.657. The molecule has 1 aliphatic heterocycles. The second kappa shape index (κ2) is 9.73. The molecule has 6 heteroatoms. The molecule has 0 spiro atoms. The van der Waals surface area contributed by atoms with Gasteiger partial charge in [-0.25, -0.2) is 4.79 Å². The standard InChI is InChI=1S/C15H29N3O3/c1-12(2)6-8-16-15(21)17-14(20)11-18-9-4-3-5-13(18)7-10-19/h12-13,19H,3-11H2,1-2H3,(H2,16,17,20,21). The summed E-state index contributed by atoms with van der Waals surface area (Å²) in [6.45, 7) is 5.96. The summed E-state index contributed by atoms with van der Waals surface area (Å²) in [5.74, 6) is 0.246. The predicted molar refractivity (Wildman–Crippen MR) is 81.9 cm³/mol. The maximum Gasteiger partial charge on any atom is 0.321 e. The molecule has 0 radical (unpaired) electrons. The molecule has 1 unspecified atom stereocenters. The lowest BCUT2D eigenvalue weighted by atomic mass is 10.00. The molecule has 0 saturated carbocycles. The molecule has 21 heavy (non-hydrogen) atoms. The molecule has 122 valence electrons. The molecular formula is C15H29N3O3. The molecule has 1 saturated heterocycles. The summed E-state index contributed by atoms with van der Waals surface area (Å²) >= 11 is 0. The number of aliphatic hydroxyl groups is 1. The lowest BCUT2D eigenvalue weighted by molar-refractivity contribution is -0.122. The van der Waals surface area contributed by atoms with E-state index in [4.69, 9.17) is 5.11 Å². The van der Waals surface area contributed by atoms with Gasteiger partial charge in [-0.15, -0.1) is 0 Å². The normalized spacial score (nSPS) is 19.5. The van der Waals surface area contributed by atoms with Gasteiger partial charge >= 0.3 is 6.03 Å². The van der Waals surface area contributed by atoms with Gasteiger partial charge in [0.15, 0.2) is 0 Å². The van der Waals surface area contributed by atoms with Crippen molar-refractivity contribution in [2.75, 3.05) is 26.2 Å². The smallest absolute Gasteiger partial charge is 0.321 e.